The van der Waals surface area contributed by atoms with Crippen LogP contribution in [0.5, 0.6) is 5.88 Å². The van der Waals surface area contributed by atoms with Gasteiger partial charge in [-0.15, -0.1) is 0 Å². The largest absolute Gasteiger partial charge is 0.473 e. The lowest BCUT2D eigenvalue weighted by Gasteiger charge is -2.09. The van der Waals surface area contributed by atoms with Crippen LogP contribution in [0, 0.1) is 24.4 Å². The van der Waals surface area contributed by atoms with Crippen molar-refractivity contribution < 1.29 is 17.9 Å². The molecule has 122 valence electrons. The SMILES string of the molecule is Cc1cc(OCc2ccc(F)c(F)c2)nc(-c2ccc(F)cc2)n1. The number of hydrogen-bond donors (Lipinski definition) is 0. The van der Waals surface area contributed by atoms with Crippen LogP contribution in [-0.4, -0.2) is 9.97 Å². The number of rotatable bonds is 4. The summed E-state index contributed by atoms with van der Waals surface area (Å²) in [6, 6.07) is 11.0. The van der Waals surface area contributed by atoms with E-state index in [9.17, 15) is 13.2 Å². The highest BCUT2D eigenvalue weighted by molar-refractivity contribution is 5.55. The van der Waals surface area contributed by atoms with Crippen LogP contribution in [0.3, 0.4) is 0 Å². The quantitative estimate of drug-likeness (QED) is 0.709. The lowest BCUT2D eigenvalue weighted by Crippen LogP contribution is -2.01. The Hall–Kier alpha value is -2.89. The van der Waals surface area contributed by atoms with Gasteiger partial charge in [0.15, 0.2) is 17.5 Å². The van der Waals surface area contributed by atoms with Crippen molar-refractivity contribution in [3.8, 4) is 17.3 Å². The first kappa shape index (κ1) is 16.0. The summed E-state index contributed by atoms with van der Waals surface area (Å²) in [5.41, 5.74) is 1.80. The Morgan fingerprint density at radius 2 is 1.62 bits per heavy atom. The van der Waals surface area contributed by atoms with E-state index in [2.05, 4.69) is 9.97 Å². The monoisotopic (exact) mass is 330 g/mol. The van der Waals surface area contributed by atoms with E-state index in [-0.39, 0.29) is 12.4 Å². The molecule has 0 saturated carbocycles. The van der Waals surface area contributed by atoms with Crippen LogP contribution in [-0.2, 0) is 6.61 Å². The first-order chi connectivity index (χ1) is 11.5. The Kier molecular flexibility index (Phi) is 4.46. The zero-order valence-corrected chi connectivity index (χ0v) is 12.8. The molecule has 0 unspecified atom stereocenters. The molecule has 0 aliphatic carbocycles. The Labute approximate surface area is 136 Å². The van der Waals surface area contributed by atoms with Gasteiger partial charge in [-0.3, -0.25) is 0 Å². The van der Waals surface area contributed by atoms with Crippen LogP contribution in [0.1, 0.15) is 11.3 Å². The van der Waals surface area contributed by atoms with Gasteiger partial charge in [-0.05, 0) is 48.9 Å². The van der Waals surface area contributed by atoms with Crippen LogP contribution in [0.15, 0.2) is 48.5 Å². The summed E-state index contributed by atoms with van der Waals surface area (Å²) in [4.78, 5) is 8.56. The molecule has 0 bridgehead atoms. The van der Waals surface area contributed by atoms with E-state index in [1.54, 1.807) is 25.1 Å². The fourth-order valence-corrected chi connectivity index (χ4v) is 2.13. The lowest BCUT2D eigenvalue weighted by atomic mass is 10.2. The lowest BCUT2D eigenvalue weighted by molar-refractivity contribution is 0.292. The van der Waals surface area contributed by atoms with Crippen LogP contribution in [0.25, 0.3) is 11.4 Å². The Morgan fingerprint density at radius 1 is 0.875 bits per heavy atom. The number of ether oxygens (including phenoxy) is 1. The minimum Gasteiger partial charge on any atom is -0.473 e. The van der Waals surface area contributed by atoms with E-state index in [1.165, 1.54) is 18.2 Å². The van der Waals surface area contributed by atoms with Crippen LogP contribution >= 0.6 is 0 Å². The van der Waals surface area contributed by atoms with Gasteiger partial charge in [0.25, 0.3) is 0 Å². The molecule has 1 aromatic heterocycles. The second-order valence-electron chi connectivity index (χ2n) is 5.22. The third-order valence-electron chi connectivity index (χ3n) is 3.30. The molecule has 3 aromatic rings. The topological polar surface area (TPSA) is 35.0 Å². The van der Waals surface area contributed by atoms with Gasteiger partial charge in [0, 0.05) is 17.3 Å². The van der Waals surface area contributed by atoms with Crippen LogP contribution in [0.4, 0.5) is 13.2 Å². The third-order valence-corrected chi connectivity index (χ3v) is 3.30. The van der Waals surface area contributed by atoms with Gasteiger partial charge in [0.1, 0.15) is 12.4 Å². The molecule has 24 heavy (non-hydrogen) atoms. The van der Waals surface area contributed by atoms with Crippen molar-refractivity contribution in [3.05, 3.63) is 77.2 Å². The Morgan fingerprint density at radius 3 is 2.33 bits per heavy atom. The molecular formula is C18H13F3N2O. The molecule has 0 spiro atoms. The Bertz CT molecular complexity index is 867. The summed E-state index contributed by atoms with van der Waals surface area (Å²) in [6.07, 6.45) is 0. The van der Waals surface area contributed by atoms with Crippen LogP contribution in [0.2, 0.25) is 0 Å². The molecule has 0 N–H and O–H groups in total. The molecule has 0 saturated heterocycles. The molecule has 2 aromatic carbocycles. The van der Waals surface area contributed by atoms with Gasteiger partial charge in [0.2, 0.25) is 5.88 Å². The van der Waals surface area contributed by atoms with Crippen molar-refractivity contribution in [1.82, 2.24) is 9.97 Å². The number of halogens is 3. The summed E-state index contributed by atoms with van der Waals surface area (Å²) < 4.78 is 44.7. The molecule has 0 amide bonds. The summed E-state index contributed by atoms with van der Waals surface area (Å²) in [5.74, 6) is -1.49. The average molecular weight is 330 g/mol. The maximum Gasteiger partial charge on any atom is 0.217 e. The second kappa shape index (κ2) is 6.70. The molecule has 3 nitrogen and oxygen atoms in total. The number of nitrogens with zero attached hydrogens (tertiary/aromatic N) is 2. The minimum absolute atomic E-state index is 0.0382. The average Bonchev–Trinajstić information content (AvgIpc) is 2.56. The molecule has 0 fully saturated rings. The van der Waals surface area contributed by atoms with E-state index < -0.39 is 11.6 Å². The van der Waals surface area contributed by atoms with Gasteiger partial charge in [-0.1, -0.05) is 6.07 Å². The van der Waals surface area contributed by atoms with Gasteiger partial charge < -0.3 is 4.74 Å². The van der Waals surface area contributed by atoms with E-state index in [0.717, 1.165) is 12.1 Å². The second-order valence-corrected chi connectivity index (χ2v) is 5.22. The van der Waals surface area contributed by atoms with Crippen molar-refractivity contribution in [2.45, 2.75) is 13.5 Å². The predicted molar refractivity (Wildman–Crippen MR) is 82.9 cm³/mol. The standard InChI is InChI=1S/C18H13F3N2O/c1-11-8-17(24-10-12-2-7-15(20)16(21)9-12)23-18(22-11)13-3-5-14(19)6-4-13/h2-9H,10H2,1H3. The highest BCUT2D eigenvalue weighted by atomic mass is 19.2. The molecule has 0 aliphatic rings. The molecule has 0 radical (unpaired) electrons. The number of aryl methyl sites for hydroxylation is 1. The normalized spacial score (nSPS) is 10.7. The van der Waals surface area contributed by atoms with Crippen molar-refractivity contribution in [2.75, 3.05) is 0 Å². The van der Waals surface area contributed by atoms with Gasteiger partial charge >= 0.3 is 0 Å². The third kappa shape index (κ3) is 3.71. The number of hydrogen-bond acceptors (Lipinski definition) is 3. The number of benzene rings is 2. The summed E-state index contributed by atoms with van der Waals surface area (Å²) in [6.45, 7) is 1.82. The summed E-state index contributed by atoms with van der Waals surface area (Å²) >= 11 is 0. The molecule has 1 heterocycles. The molecule has 3 rings (SSSR count). The van der Waals surface area contributed by atoms with Crippen molar-refractivity contribution >= 4 is 0 Å². The van der Waals surface area contributed by atoms with Gasteiger partial charge in [-0.25, -0.2) is 18.2 Å². The van der Waals surface area contributed by atoms with E-state index in [1.807, 2.05) is 0 Å². The highest BCUT2D eigenvalue weighted by Gasteiger charge is 2.08. The van der Waals surface area contributed by atoms with E-state index in [4.69, 9.17) is 4.74 Å². The van der Waals surface area contributed by atoms with Crippen molar-refractivity contribution in [1.29, 1.82) is 0 Å². The number of aromatic nitrogens is 2. The predicted octanol–water partition coefficient (Wildman–Crippen LogP) is 4.45. The summed E-state index contributed by atoms with van der Waals surface area (Å²) in [5, 5.41) is 0. The minimum atomic E-state index is -0.929. The van der Waals surface area contributed by atoms with Crippen LogP contribution < -0.4 is 4.74 Å². The highest BCUT2D eigenvalue weighted by Crippen LogP contribution is 2.20. The van der Waals surface area contributed by atoms with Crippen molar-refractivity contribution in [2.24, 2.45) is 0 Å². The zero-order chi connectivity index (χ0) is 17.1. The summed E-state index contributed by atoms with van der Waals surface area (Å²) in [7, 11) is 0. The molecule has 0 aliphatic heterocycles. The van der Waals surface area contributed by atoms with Gasteiger partial charge in [0.05, 0.1) is 0 Å². The molecule has 6 heteroatoms. The van der Waals surface area contributed by atoms with E-state index in [0.29, 0.717) is 28.5 Å². The maximum absolute atomic E-state index is 13.2. The fourth-order valence-electron chi connectivity index (χ4n) is 2.13. The maximum atomic E-state index is 13.2. The zero-order valence-electron chi connectivity index (χ0n) is 12.8. The fraction of sp³-hybridized carbons (Fsp3) is 0.111. The smallest absolute Gasteiger partial charge is 0.217 e. The first-order valence-electron chi connectivity index (χ1n) is 7.19. The van der Waals surface area contributed by atoms with E-state index >= 15 is 0 Å². The Balaban J connectivity index is 1.80. The molecule has 0 atom stereocenters. The van der Waals surface area contributed by atoms with Gasteiger partial charge in [-0.2, -0.15) is 4.98 Å². The molecular weight excluding hydrogens is 317 g/mol. The first-order valence-corrected chi connectivity index (χ1v) is 7.19. The van der Waals surface area contributed by atoms with Crippen molar-refractivity contribution in [3.63, 3.8) is 0 Å².